The van der Waals surface area contributed by atoms with Gasteiger partial charge in [0, 0.05) is 24.8 Å². The number of hydrogen-bond donors (Lipinski definition) is 2. The predicted molar refractivity (Wildman–Crippen MR) is 82.5 cm³/mol. The molecule has 0 aliphatic carbocycles. The Morgan fingerprint density at radius 3 is 2.71 bits per heavy atom. The third kappa shape index (κ3) is 4.43. The molecular weight excluding hydrogens is 264 g/mol. The van der Waals surface area contributed by atoms with Crippen molar-refractivity contribution >= 4 is 5.91 Å². The molecule has 5 heteroatoms. The Morgan fingerprint density at radius 2 is 2.10 bits per heavy atom. The summed E-state index contributed by atoms with van der Waals surface area (Å²) in [4.78, 5) is 12.1. The third-order valence-electron chi connectivity index (χ3n) is 3.46. The smallest absolute Gasteiger partial charge is 0.241 e. The van der Waals surface area contributed by atoms with Gasteiger partial charge in [-0.15, -0.1) is 0 Å². The van der Waals surface area contributed by atoms with Crippen molar-refractivity contribution in [2.24, 2.45) is 12.8 Å². The summed E-state index contributed by atoms with van der Waals surface area (Å²) < 4.78 is 1.64. The van der Waals surface area contributed by atoms with Crippen molar-refractivity contribution < 1.29 is 4.79 Å². The minimum atomic E-state index is -0.669. The first-order valence-corrected chi connectivity index (χ1v) is 7.14. The van der Waals surface area contributed by atoms with Gasteiger partial charge in [0.2, 0.25) is 5.91 Å². The SMILES string of the molecule is CC(CCc1ccccc1)NC(=O)C(N)c1cnn(C)c1. The number of amides is 1. The van der Waals surface area contributed by atoms with Crippen molar-refractivity contribution in [3.05, 3.63) is 53.9 Å². The van der Waals surface area contributed by atoms with Gasteiger partial charge in [0.05, 0.1) is 6.20 Å². The molecule has 112 valence electrons. The predicted octanol–water partition coefficient (Wildman–Crippen LogP) is 1.56. The molecule has 2 aromatic rings. The van der Waals surface area contributed by atoms with Crippen LogP contribution in [0, 0.1) is 0 Å². The van der Waals surface area contributed by atoms with Crippen molar-refractivity contribution in [2.45, 2.75) is 31.8 Å². The first-order valence-electron chi connectivity index (χ1n) is 7.14. The van der Waals surface area contributed by atoms with Crippen molar-refractivity contribution in [2.75, 3.05) is 0 Å². The average Bonchev–Trinajstić information content (AvgIpc) is 2.92. The van der Waals surface area contributed by atoms with E-state index in [-0.39, 0.29) is 11.9 Å². The van der Waals surface area contributed by atoms with Crippen LogP contribution in [0.2, 0.25) is 0 Å². The fourth-order valence-electron chi connectivity index (χ4n) is 2.18. The van der Waals surface area contributed by atoms with Crippen molar-refractivity contribution in [1.82, 2.24) is 15.1 Å². The maximum Gasteiger partial charge on any atom is 0.241 e. The molecule has 1 aromatic heterocycles. The lowest BCUT2D eigenvalue weighted by Gasteiger charge is -2.17. The Kier molecular flexibility index (Phi) is 5.11. The number of nitrogens with zero attached hydrogens (tertiary/aromatic N) is 2. The fraction of sp³-hybridized carbons (Fsp3) is 0.375. The van der Waals surface area contributed by atoms with E-state index in [0.29, 0.717) is 0 Å². The zero-order valence-corrected chi connectivity index (χ0v) is 12.5. The van der Waals surface area contributed by atoms with Crippen molar-refractivity contribution in [1.29, 1.82) is 0 Å². The summed E-state index contributed by atoms with van der Waals surface area (Å²) in [6.45, 7) is 2.00. The molecule has 0 radical (unpaired) electrons. The Morgan fingerprint density at radius 1 is 1.38 bits per heavy atom. The molecule has 0 fully saturated rings. The summed E-state index contributed by atoms with van der Waals surface area (Å²) in [5.41, 5.74) is 7.94. The van der Waals surface area contributed by atoms with Crippen LogP contribution in [-0.4, -0.2) is 21.7 Å². The number of aromatic nitrogens is 2. The molecule has 0 aliphatic heterocycles. The molecule has 3 N–H and O–H groups in total. The van der Waals surface area contributed by atoms with Gasteiger partial charge in [-0.3, -0.25) is 9.48 Å². The van der Waals surface area contributed by atoms with Crippen LogP contribution in [0.4, 0.5) is 0 Å². The van der Waals surface area contributed by atoms with E-state index >= 15 is 0 Å². The fourth-order valence-corrected chi connectivity index (χ4v) is 2.18. The van der Waals surface area contributed by atoms with E-state index in [4.69, 9.17) is 5.73 Å². The summed E-state index contributed by atoms with van der Waals surface area (Å²) in [6.07, 6.45) is 5.21. The Labute approximate surface area is 125 Å². The Hall–Kier alpha value is -2.14. The zero-order chi connectivity index (χ0) is 15.2. The second-order valence-corrected chi connectivity index (χ2v) is 5.36. The highest BCUT2D eigenvalue weighted by Gasteiger charge is 2.18. The van der Waals surface area contributed by atoms with Crippen molar-refractivity contribution in [3.8, 4) is 0 Å². The minimum absolute atomic E-state index is 0.0837. The lowest BCUT2D eigenvalue weighted by molar-refractivity contribution is -0.123. The van der Waals surface area contributed by atoms with E-state index in [2.05, 4.69) is 22.5 Å². The van der Waals surface area contributed by atoms with E-state index in [0.717, 1.165) is 18.4 Å². The molecule has 21 heavy (non-hydrogen) atoms. The molecule has 1 aromatic carbocycles. The van der Waals surface area contributed by atoms with Gasteiger partial charge in [0.1, 0.15) is 6.04 Å². The summed E-state index contributed by atoms with van der Waals surface area (Å²) in [6, 6.07) is 9.65. The second kappa shape index (κ2) is 7.04. The van der Waals surface area contributed by atoms with Gasteiger partial charge < -0.3 is 11.1 Å². The van der Waals surface area contributed by atoms with E-state index < -0.39 is 6.04 Å². The Balaban J connectivity index is 1.81. The molecule has 1 heterocycles. The summed E-state index contributed by atoms with van der Waals surface area (Å²) >= 11 is 0. The maximum absolute atomic E-state index is 12.1. The summed E-state index contributed by atoms with van der Waals surface area (Å²) in [7, 11) is 1.80. The van der Waals surface area contributed by atoms with Crippen molar-refractivity contribution in [3.63, 3.8) is 0 Å². The van der Waals surface area contributed by atoms with Crippen LogP contribution in [0.1, 0.15) is 30.5 Å². The lowest BCUT2D eigenvalue weighted by atomic mass is 10.1. The van der Waals surface area contributed by atoms with Crippen LogP contribution in [-0.2, 0) is 18.3 Å². The van der Waals surface area contributed by atoms with Gasteiger partial charge in [0.25, 0.3) is 0 Å². The number of nitrogens with two attached hydrogens (primary N) is 1. The standard InChI is InChI=1S/C16H22N4O/c1-12(8-9-13-6-4-3-5-7-13)19-16(21)15(17)14-10-18-20(2)11-14/h3-7,10-12,15H,8-9,17H2,1-2H3,(H,19,21). The van der Waals surface area contributed by atoms with E-state index in [1.165, 1.54) is 5.56 Å². The van der Waals surface area contributed by atoms with Crippen LogP contribution in [0.15, 0.2) is 42.7 Å². The molecule has 2 rings (SSSR count). The zero-order valence-electron chi connectivity index (χ0n) is 12.5. The molecule has 0 saturated heterocycles. The second-order valence-electron chi connectivity index (χ2n) is 5.36. The molecule has 5 nitrogen and oxygen atoms in total. The van der Waals surface area contributed by atoms with Gasteiger partial charge in [0.15, 0.2) is 0 Å². The highest BCUT2D eigenvalue weighted by atomic mass is 16.2. The first-order chi connectivity index (χ1) is 10.1. The van der Waals surface area contributed by atoms with Gasteiger partial charge in [-0.2, -0.15) is 5.10 Å². The number of hydrogen-bond acceptors (Lipinski definition) is 3. The Bertz CT molecular complexity index is 579. The monoisotopic (exact) mass is 286 g/mol. The van der Waals surface area contributed by atoms with Crippen LogP contribution < -0.4 is 11.1 Å². The highest BCUT2D eigenvalue weighted by molar-refractivity contribution is 5.83. The molecule has 1 amide bonds. The normalized spacial score (nSPS) is 13.7. The summed E-state index contributed by atoms with van der Waals surface area (Å²) in [5.74, 6) is -0.163. The van der Waals surface area contributed by atoms with E-state index in [1.807, 2.05) is 25.1 Å². The number of benzene rings is 1. The molecule has 2 unspecified atom stereocenters. The molecule has 0 saturated carbocycles. The first kappa shape index (κ1) is 15.3. The molecule has 0 spiro atoms. The van der Waals surface area contributed by atoms with Gasteiger partial charge >= 0.3 is 0 Å². The third-order valence-corrected chi connectivity index (χ3v) is 3.46. The van der Waals surface area contributed by atoms with Crippen LogP contribution >= 0.6 is 0 Å². The molecule has 2 atom stereocenters. The van der Waals surface area contributed by atoms with Gasteiger partial charge in [-0.05, 0) is 25.3 Å². The number of rotatable bonds is 6. The van der Waals surface area contributed by atoms with E-state index in [9.17, 15) is 4.79 Å². The minimum Gasteiger partial charge on any atom is -0.352 e. The highest BCUT2D eigenvalue weighted by Crippen LogP contribution is 2.10. The molecule has 0 aliphatic rings. The number of carbonyl (C=O) groups is 1. The largest absolute Gasteiger partial charge is 0.352 e. The van der Waals surface area contributed by atoms with Crippen LogP contribution in [0.3, 0.4) is 0 Å². The topological polar surface area (TPSA) is 72.9 Å². The van der Waals surface area contributed by atoms with Crippen LogP contribution in [0.5, 0.6) is 0 Å². The van der Waals surface area contributed by atoms with E-state index in [1.54, 1.807) is 24.1 Å². The van der Waals surface area contributed by atoms with Gasteiger partial charge in [-0.1, -0.05) is 30.3 Å². The lowest BCUT2D eigenvalue weighted by Crippen LogP contribution is -2.39. The van der Waals surface area contributed by atoms with Crippen LogP contribution in [0.25, 0.3) is 0 Å². The maximum atomic E-state index is 12.1. The number of carbonyl (C=O) groups excluding carboxylic acids is 1. The average molecular weight is 286 g/mol. The molecule has 0 bridgehead atoms. The summed E-state index contributed by atoms with van der Waals surface area (Å²) in [5, 5.41) is 6.99. The van der Waals surface area contributed by atoms with Gasteiger partial charge in [-0.25, -0.2) is 0 Å². The quantitative estimate of drug-likeness (QED) is 0.846. The number of aryl methyl sites for hydroxylation is 2. The number of nitrogens with one attached hydrogen (secondary N) is 1. The molecular formula is C16H22N4O.